The SMILES string of the molecule is Cc1ccc(S(=O)(=O)N(CC(=O)Nc2ccc(S(=O)(=O)Nc3ccc(Br)cc3)cc2)c2cc(C)cc(C)c2)cc1. The third-order valence-electron chi connectivity index (χ3n) is 5.94. The van der Waals surface area contributed by atoms with E-state index >= 15 is 0 Å². The quantitative estimate of drug-likeness (QED) is 0.232. The molecule has 0 aliphatic carbocycles. The van der Waals surface area contributed by atoms with E-state index in [-0.39, 0.29) is 9.79 Å². The van der Waals surface area contributed by atoms with E-state index in [1.54, 1.807) is 48.5 Å². The van der Waals surface area contributed by atoms with Gasteiger partial charge in [-0.3, -0.25) is 13.8 Å². The summed E-state index contributed by atoms with van der Waals surface area (Å²) in [4.78, 5) is 13.2. The molecule has 0 aromatic heterocycles. The van der Waals surface area contributed by atoms with Gasteiger partial charge in [0.1, 0.15) is 6.54 Å². The van der Waals surface area contributed by atoms with Gasteiger partial charge in [0.2, 0.25) is 5.91 Å². The summed E-state index contributed by atoms with van der Waals surface area (Å²) >= 11 is 3.31. The van der Waals surface area contributed by atoms with E-state index in [2.05, 4.69) is 26.0 Å². The average Bonchev–Trinajstić information content (AvgIpc) is 2.88. The van der Waals surface area contributed by atoms with Crippen molar-refractivity contribution in [2.75, 3.05) is 20.9 Å². The summed E-state index contributed by atoms with van der Waals surface area (Å²) in [5, 5.41) is 2.67. The van der Waals surface area contributed by atoms with Gasteiger partial charge >= 0.3 is 0 Å². The van der Waals surface area contributed by atoms with Crippen molar-refractivity contribution in [2.24, 2.45) is 0 Å². The number of anilines is 3. The van der Waals surface area contributed by atoms with Crippen LogP contribution in [-0.2, 0) is 24.8 Å². The van der Waals surface area contributed by atoms with E-state index in [0.717, 1.165) is 25.5 Å². The first-order valence-corrected chi connectivity index (χ1v) is 15.9. The molecule has 0 aliphatic rings. The molecule has 0 saturated carbocycles. The molecule has 1 amide bonds. The van der Waals surface area contributed by atoms with Crippen LogP contribution in [-0.4, -0.2) is 29.3 Å². The van der Waals surface area contributed by atoms with Gasteiger partial charge in [-0.25, -0.2) is 16.8 Å². The number of nitrogens with one attached hydrogen (secondary N) is 2. The second-order valence-corrected chi connectivity index (χ2v) is 13.8. The fourth-order valence-electron chi connectivity index (χ4n) is 4.03. The van der Waals surface area contributed by atoms with Gasteiger partial charge in [-0.05, 0) is 105 Å². The van der Waals surface area contributed by atoms with Crippen molar-refractivity contribution >= 4 is 58.9 Å². The largest absolute Gasteiger partial charge is 0.325 e. The number of aryl methyl sites for hydroxylation is 3. The number of benzene rings is 4. The molecule has 0 saturated heterocycles. The molecule has 40 heavy (non-hydrogen) atoms. The van der Waals surface area contributed by atoms with Crippen molar-refractivity contribution in [2.45, 2.75) is 30.6 Å². The van der Waals surface area contributed by atoms with Crippen LogP contribution in [0, 0.1) is 20.8 Å². The summed E-state index contributed by atoms with van der Waals surface area (Å²) in [6.07, 6.45) is 0. The zero-order chi connectivity index (χ0) is 29.1. The highest BCUT2D eigenvalue weighted by molar-refractivity contribution is 9.10. The Bertz CT molecular complexity index is 1720. The lowest BCUT2D eigenvalue weighted by Crippen LogP contribution is -2.38. The van der Waals surface area contributed by atoms with Gasteiger partial charge in [0.05, 0.1) is 15.5 Å². The van der Waals surface area contributed by atoms with E-state index in [1.807, 2.05) is 26.8 Å². The topological polar surface area (TPSA) is 113 Å². The van der Waals surface area contributed by atoms with Gasteiger partial charge in [0.25, 0.3) is 20.0 Å². The normalized spacial score (nSPS) is 11.6. The van der Waals surface area contributed by atoms with Crippen molar-refractivity contribution in [3.63, 3.8) is 0 Å². The molecule has 0 fully saturated rings. The van der Waals surface area contributed by atoms with Crippen LogP contribution in [0.25, 0.3) is 0 Å². The summed E-state index contributed by atoms with van der Waals surface area (Å²) in [5.74, 6) is -0.585. The lowest BCUT2D eigenvalue weighted by molar-refractivity contribution is -0.114. The molecule has 11 heteroatoms. The third-order valence-corrected chi connectivity index (χ3v) is 9.65. The average molecular weight is 643 g/mol. The Hall–Kier alpha value is -3.67. The van der Waals surface area contributed by atoms with Crippen molar-refractivity contribution in [1.82, 2.24) is 0 Å². The number of rotatable bonds is 9. The molecular weight excluding hydrogens is 614 g/mol. The number of nitrogens with zero attached hydrogens (tertiary/aromatic N) is 1. The van der Waals surface area contributed by atoms with Crippen molar-refractivity contribution < 1.29 is 21.6 Å². The number of carbonyl (C=O) groups excluding carboxylic acids is 1. The summed E-state index contributed by atoms with van der Waals surface area (Å²) in [6, 6.07) is 24.1. The highest BCUT2D eigenvalue weighted by atomic mass is 79.9. The van der Waals surface area contributed by atoms with E-state index in [0.29, 0.717) is 17.1 Å². The van der Waals surface area contributed by atoms with Gasteiger partial charge in [0, 0.05) is 15.8 Å². The predicted octanol–water partition coefficient (Wildman–Crippen LogP) is 6.01. The van der Waals surface area contributed by atoms with Gasteiger partial charge in [-0.2, -0.15) is 0 Å². The monoisotopic (exact) mass is 641 g/mol. The van der Waals surface area contributed by atoms with Crippen LogP contribution < -0.4 is 14.3 Å². The molecule has 0 bridgehead atoms. The summed E-state index contributed by atoms with van der Waals surface area (Å²) < 4.78 is 57.2. The molecule has 0 unspecified atom stereocenters. The molecule has 2 N–H and O–H groups in total. The molecule has 0 aliphatic heterocycles. The van der Waals surface area contributed by atoms with Gasteiger partial charge in [0.15, 0.2) is 0 Å². The Kier molecular flexibility index (Phi) is 8.67. The molecule has 208 valence electrons. The highest BCUT2D eigenvalue weighted by Crippen LogP contribution is 2.27. The molecule has 0 spiro atoms. The first kappa shape index (κ1) is 29.3. The first-order valence-electron chi connectivity index (χ1n) is 12.2. The van der Waals surface area contributed by atoms with E-state index in [9.17, 15) is 21.6 Å². The Labute approximate surface area is 243 Å². The molecule has 4 aromatic carbocycles. The Morgan fingerprint density at radius 2 is 1.23 bits per heavy atom. The highest BCUT2D eigenvalue weighted by Gasteiger charge is 2.27. The number of halogens is 1. The van der Waals surface area contributed by atoms with Crippen LogP contribution in [0.3, 0.4) is 0 Å². The van der Waals surface area contributed by atoms with Crippen LogP contribution in [0.1, 0.15) is 16.7 Å². The van der Waals surface area contributed by atoms with Crippen LogP contribution in [0.15, 0.2) is 105 Å². The smallest absolute Gasteiger partial charge is 0.264 e. The molecule has 4 aromatic rings. The second kappa shape index (κ2) is 11.8. The second-order valence-electron chi connectivity index (χ2n) is 9.36. The van der Waals surface area contributed by atoms with Crippen LogP contribution in [0.2, 0.25) is 0 Å². The molecule has 0 heterocycles. The maximum absolute atomic E-state index is 13.6. The summed E-state index contributed by atoms with van der Waals surface area (Å²) in [5.41, 5.74) is 3.71. The summed E-state index contributed by atoms with van der Waals surface area (Å²) in [6.45, 7) is 5.09. The number of sulfonamides is 2. The lowest BCUT2D eigenvalue weighted by Gasteiger charge is -2.25. The first-order chi connectivity index (χ1) is 18.8. The van der Waals surface area contributed by atoms with Gasteiger partial charge < -0.3 is 5.32 Å². The Morgan fingerprint density at radius 3 is 1.80 bits per heavy atom. The predicted molar refractivity (Wildman–Crippen MR) is 162 cm³/mol. The van der Waals surface area contributed by atoms with E-state index in [1.165, 1.54) is 36.4 Å². The van der Waals surface area contributed by atoms with Gasteiger partial charge in [-0.15, -0.1) is 0 Å². The van der Waals surface area contributed by atoms with Gasteiger partial charge in [-0.1, -0.05) is 39.7 Å². The number of hydrogen-bond donors (Lipinski definition) is 2. The van der Waals surface area contributed by atoms with E-state index < -0.39 is 32.5 Å². The Balaban J connectivity index is 1.55. The minimum atomic E-state index is -4.07. The Morgan fingerprint density at radius 1 is 0.700 bits per heavy atom. The number of carbonyl (C=O) groups is 1. The lowest BCUT2D eigenvalue weighted by atomic mass is 10.1. The van der Waals surface area contributed by atoms with E-state index in [4.69, 9.17) is 0 Å². The van der Waals surface area contributed by atoms with Crippen molar-refractivity contribution in [3.05, 3.63) is 112 Å². The zero-order valence-corrected chi connectivity index (χ0v) is 25.3. The van der Waals surface area contributed by atoms with Crippen LogP contribution >= 0.6 is 15.9 Å². The van der Waals surface area contributed by atoms with Crippen LogP contribution in [0.5, 0.6) is 0 Å². The molecule has 8 nitrogen and oxygen atoms in total. The molecule has 0 radical (unpaired) electrons. The molecule has 4 rings (SSSR count). The standard InChI is InChI=1S/C29H28BrN3O5S2/c1-20-4-12-28(13-5-20)40(37,38)33(26-17-21(2)16-22(3)18-26)19-29(34)31-24-10-14-27(15-11-24)39(35,36)32-25-8-6-23(30)7-9-25/h4-18,32H,19H2,1-3H3,(H,31,34). The van der Waals surface area contributed by atoms with Crippen molar-refractivity contribution in [1.29, 1.82) is 0 Å². The maximum atomic E-state index is 13.6. The van der Waals surface area contributed by atoms with Crippen LogP contribution in [0.4, 0.5) is 17.1 Å². The maximum Gasteiger partial charge on any atom is 0.264 e. The van der Waals surface area contributed by atoms with Crippen molar-refractivity contribution in [3.8, 4) is 0 Å². The zero-order valence-electron chi connectivity index (χ0n) is 22.1. The number of amides is 1. The molecule has 0 atom stereocenters. The summed E-state index contributed by atoms with van der Waals surface area (Å²) in [7, 11) is -7.92. The fourth-order valence-corrected chi connectivity index (χ4v) is 6.76. The minimum Gasteiger partial charge on any atom is -0.325 e. The number of hydrogen-bond acceptors (Lipinski definition) is 5. The third kappa shape index (κ3) is 7.09. The fraction of sp³-hybridized carbons (Fsp3) is 0.138. The molecular formula is C29H28BrN3O5S2. The minimum absolute atomic E-state index is 0.00669.